The summed E-state index contributed by atoms with van der Waals surface area (Å²) in [5.41, 5.74) is -1.33. The lowest BCUT2D eigenvalue weighted by atomic mass is 9.88. The number of nitrogens with one attached hydrogen (secondary N) is 1. The zero-order valence-electron chi connectivity index (χ0n) is 20.0. The van der Waals surface area contributed by atoms with Gasteiger partial charge >= 0.3 is 47.6 Å². The Kier molecular flexibility index (Phi) is 9.78. The number of carbonyl (C=O) groups excluding carboxylic acids is 1. The van der Waals surface area contributed by atoms with Crippen LogP contribution in [0.2, 0.25) is 0 Å². The fraction of sp³-hybridized carbons (Fsp3) is 0.632. The van der Waals surface area contributed by atoms with Gasteiger partial charge in [-0.05, 0) is 12.5 Å². The number of carbonyl (C=O) groups is 1. The Morgan fingerprint density at radius 2 is 1.09 bits per heavy atom. The van der Waals surface area contributed by atoms with Crippen LogP contribution < -0.4 is 5.32 Å². The molecule has 0 saturated carbocycles. The number of benzene rings is 1. The van der Waals surface area contributed by atoms with E-state index in [4.69, 9.17) is 0 Å². The summed E-state index contributed by atoms with van der Waals surface area (Å²) >= 11 is 0. The molecule has 0 radical (unpaired) electrons. The quantitative estimate of drug-likeness (QED) is 0.0965. The average molecular weight is 672 g/mol. The molecule has 0 aromatic heterocycles. The third kappa shape index (κ3) is 6.13. The molecular formula is C19H13F17N2O5. The van der Waals surface area contributed by atoms with E-state index in [1.807, 2.05) is 0 Å². The SMILES string of the molecule is O=C(CCC(F)(F)C(F)(F)C(F)(F)C(F)(F)C(F)(F)C(F)(F)C(F)(F)C(F)(F)F)NCCc1cc(O)c(O)cc1[N+](=O)[O-]. The fourth-order valence-corrected chi connectivity index (χ4v) is 3.03. The minimum Gasteiger partial charge on any atom is -0.504 e. The van der Waals surface area contributed by atoms with Gasteiger partial charge in [0.25, 0.3) is 5.69 Å². The second-order valence-corrected chi connectivity index (χ2v) is 8.48. The zero-order chi connectivity index (χ0) is 34.4. The summed E-state index contributed by atoms with van der Waals surface area (Å²) in [5.74, 6) is -61.3. The number of aromatic hydroxyl groups is 2. The van der Waals surface area contributed by atoms with Gasteiger partial charge in [-0.3, -0.25) is 14.9 Å². The van der Waals surface area contributed by atoms with Gasteiger partial charge in [0.05, 0.1) is 11.0 Å². The van der Waals surface area contributed by atoms with E-state index < -0.39 is 107 Å². The number of phenols is 2. The second kappa shape index (κ2) is 11.2. The number of alkyl halides is 17. The van der Waals surface area contributed by atoms with Crippen molar-refractivity contribution in [1.82, 2.24) is 5.32 Å². The highest BCUT2D eigenvalue weighted by Crippen LogP contribution is 2.64. The predicted octanol–water partition coefficient (Wildman–Crippen LogP) is 6.45. The van der Waals surface area contributed by atoms with E-state index in [2.05, 4.69) is 0 Å². The van der Waals surface area contributed by atoms with Gasteiger partial charge in [0.2, 0.25) is 5.91 Å². The Hall–Kier alpha value is -3.50. The van der Waals surface area contributed by atoms with Gasteiger partial charge in [0.1, 0.15) is 0 Å². The Morgan fingerprint density at radius 3 is 1.51 bits per heavy atom. The summed E-state index contributed by atoms with van der Waals surface area (Å²) in [4.78, 5) is 21.4. The van der Waals surface area contributed by atoms with Crippen molar-refractivity contribution in [3.8, 4) is 11.5 Å². The van der Waals surface area contributed by atoms with Crippen LogP contribution in [0.3, 0.4) is 0 Å². The molecule has 0 fully saturated rings. The van der Waals surface area contributed by atoms with E-state index in [9.17, 15) is 99.8 Å². The molecule has 0 atom stereocenters. The molecule has 248 valence electrons. The highest BCUT2D eigenvalue weighted by molar-refractivity contribution is 5.76. The molecule has 0 saturated heterocycles. The lowest BCUT2D eigenvalue weighted by Gasteiger charge is -2.42. The van der Waals surface area contributed by atoms with E-state index in [1.54, 1.807) is 5.32 Å². The van der Waals surface area contributed by atoms with Crippen molar-refractivity contribution < 1.29 is 94.6 Å². The molecule has 0 spiro atoms. The maximum absolute atomic E-state index is 13.9. The van der Waals surface area contributed by atoms with Crippen LogP contribution in [-0.2, 0) is 11.2 Å². The number of halogens is 17. The molecule has 0 bridgehead atoms. The van der Waals surface area contributed by atoms with Crippen LogP contribution in [0.5, 0.6) is 11.5 Å². The zero-order valence-corrected chi connectivity index (χ0v) is 20.0. The summed E-state index contributed by atoms with van der Waals surface area (Å²) in [7, 11) is 0. The molecule has 1 aromatic rings. The first kappa shape index (κ1) is 37.5. The number of amides is 1. The van der Waals surface area contributed by atoms with Crippen molar-refractivity contribution in [2.45, 2.75) is 66.9 Å². The highest BCUT2D eigenvalue weighted by atomic mass is 19.4. The highest BCUT2D eigenvalue weighted by Gasteiger charge is 2.95. The Labute approximate surface area is 225 Å². The van der Waals surface area contributed by atoms with E-state index in [0.717, 1.165) is 0 Å². The van der Waals surface area contributed by atoms with Gasteiger partial charge in [0.15, 0.2) is 11.5 Å². The van der Waals surface area contributed by atoms with Crippen molar-refractivity contribution in [3.05, 3.63) is 27.8 Å². The molecule has 3 N–H and O–H groups in total. The third-order valence-corrected chi connectivity index (χ3v) is 5.54. The van der Waals surface area contributed by atoms with Crippen LogP contribution in [0.25, 0.3) is 0 Å². The van der Waals surface area contributed by atoms with Gasteiger partial charge in [0, 0.05) is 24.9 Å². The first-order valence-electron chi connectivity index (χ1n) is 10.5. The molecule has 0 aliphatic rings. The predicted molar refractivity (Wildman–Crippen MR) is 103 cm³/mol. The van der Waals surface area contributed by atoms with Crippen LogP contribution in [-0.4, -0.2) is 75.2 Å². The molecular weight excluding hydrogens is 659 g/mol. The maximum Gasteiger partial charge on any atom is 0.460 e. The molecule has 0 aliphatic heterocycles. The van der Waals surface area contributed by atoms with Crippen LogP contribution in [0.15, 0.2) is 12.1 Å². The fourth-order valence-electron chi connectivity index (χ4n) is 3.03. The Bertz CT molecular complexity index is 1220. The Morgan fingerprint density at radius 1 is 0.698 bits per heavy atom. The third-order valence-electron chi connectivity index (χ3n) is 5.54. The monoisotopic (exact) mass is 672 g/mol. The molecule has 0 unspecified atom stereocenters. The van der Waals surface area contributed by atoms with Gasteiger partial charge in [-0.15, -0.1) is 0 Å². The van der Waals surface area contributed by atoms with Crippen molar-refractivity contribution >= 4 is 11.6 Å². The Balaban J connectivity index is 3.16. The summed E-state index contributed by atoms with van der Waals surface area (Å²) in [6.07, 6.45) is -13.6. The molecule has 7 nitrogen and oxygen atoms in total. The molecule has 1 aromatic carbocycles. The molecule has 0 heterocycles. The normalized spacial score (nSPS) is 14.5. The van der Waals surface area contributed by atoms with Gasteiger partial charge in [-0.25, -0.2) is 0 Å². The van der Waals surface area contributed by atoms with E-state index in [-0.39, 0.29) is 0 Å². The second-order valence-electron chi connectivity index (χ2n) is 8.48. The van der Waals surface area contributed by atoms with Gasteiger partial charge in [-0.1, -0.05) is 0 Å². The van der Waals surface area contributed by atoms with Crippen molar-refractivity contribution in [1.29, 1.82) is 0 Å². The van der Waals surface area contributed by atoms with Gasteiger partial charge < -0.3 is 15.5 Å². The van der Waals surface area contributed by atoms with Crippen LogP contribution in [0.1, 0.15) is 18.4 Å². The van der Waals surface area contributed by atoms with Gasteiger partial charge in [-0.2, -0.15) is 74.6 Å². The summed E-state index contributed by atoms with van der Waals surface area (Å²) < 4.78 is 225. The number of rotatable bonds is 13. The minimum atomic E-state index is -8.76. The standard InChI is InChI=1S/C19H13F17N2O5/c20-12(21,3-1-11(41)37-4-2-7-5-9(39)10(40)6-8(7)38(42)43)13(22,23)14(24,25)15(26,27)16(28,29)17(30,31)18(32,33)19(34,35)36/h5-6,39-40H,1-4H2,(H,37,41). The van der Waals surface area contributed by atoms with E-state index in [0.29, 0.717) is 12.1 Å². The maximum atomic E-state index is 13.9. The number of nitrogens with zero attached hydrogens (tertiary/aromatic N) is 1. The largest absolute Gasteiger partial charge is 0.504 e. The molecule has 0 aliphatic carbocycles. The lowest BCUT2D eigenvalue weighted by molar-refractivity contribution is -0.461. The van der Waals surface area contributed by atoms with E-state index in [1.165, 1.54) is 0 Å². The smallest absolute Gasteiger partial charge is 0.460 e. The topological polar surface area (TPSA) is 113 Å². The van der Waals surface area contributed by atoms with Crippen LogP contribution in [0, 0.1) is 10.1 Å². The number of phenolic OH excluding ortho intramolecular Hbond substituents is 2. The molecule has 1 amide bonds. The van der Waals surface area contributed by atoms with E-state index >= 15 is 0 Å². The first-order chi connectivity index (χ1) is 18.8. The number of nitro groups is 1. The molecule has 24 heteroatoms. The minimum absolute atomic E-state index is 0.425. The lowest BCUT2D eigenvalue weighted by Crippen LogP contribution is -2.74. The van der Waals surface area contributed by atoms with Crippen LogP contribution in [0.4, 0.5) is 80.3 Å². The number of nitro benzene ring substituents is 1. The molecule has 43 heavy (non-hydrogen) atoms. The van der Waals surface area contributed by atoms with Crippen LogP contribution >= 0.6 is 0 Å². The van der Waals surface area contributed by atoms with Crippen molar-refractivity contribution in [3.63, 3.8) is 0 Å². The summed E-state index contributed by atoms with van der Waals surface area (Å²) in [6, 6.07) is 1.01. The first-order valence-corrected chi connectivity index (χ1v) is 10.5. The number of hydrogen-bond donors (Lipinski definition) is 3. The molecule has 1 rings (SSSR count). The van der Waals surface area contributed by atoms with Crippen molar-refractivity contribution in [2.24, 2.45) is 0 Å². The summed E-state index contributed by atoms with van der Waals surface area (Å²) in [6.45, 7) is -0.852. The van der Waals surface area contributed by atoms with Crippen molar-refractivity contribution in [2.75, 3.05) is 6.54 Å². The average Bonchev–Trinajstić information content (AvgIpc) is 2.83. The number of hydrogen-bond acceptors (Lipinski definition) is 5. The summed E-state index contributed by atoms with van der Waals surface area (Å²) in [5, 5.41) is 31.1.